The summed E-state index contributed by atoms with van der Waals surface area (Å²) in [5.74, 6) is 1.66. The quantitative estimate of drug-likeness (QED) is 0.941. The first-order valence-electron chi connectivity index (χ1n) is 6.84. The summed E-state index contributed by atoms with van der Waals surface area (Å²) in [6.45, 7) is 0.627. The van der Waals surface area contributed by atoms with E-state index in [4.69, 9.17) is 15.2 Å². The summed E-state index contributed by atoms with van der Waals surface area (Å²) in [4.78, 5) is 4.65. The van der Waals surface area contributed by atoms with E-state index in [0.29, 0.717) is 6.54 Å². The van der Waals surface area contributed by atoms with Crippen molar-refractivity contribution in [3.8, 4) is 11.5 Å². The molecule has 0 amide bonds. The van der Waals surface area contributed by atoms with Crippen LogP contribution in [0.5, 0.6) is 11.5 Å². The normalized spacial score (nSPS) is 16.9. The Morgan fingerprint density at radius 1 is 1.00 bits per heavy atom. The summed E-state index contributed by atoms with van der Waals surface area (Å²) in [5, 5.41) is 0. The van der Waals surface area contributed by atoms with E-state index in [1.165, 1.54) is 0 Å². The Labute approximate surface area is 124 Å². The summed E-state index contributed by atoms with van der Waals surface area (Å²) in [7, 11) is 3.32. The van der Waals surface area contributed by atoms with Crippen LogP contribution in [0, 0.1) is 0 Å². The molecule has 0 radical (unpaired) electrons. The number of benzene rings is 2. The Kier molecular flexibility index (Phi) is 3.62. The number of ether oxygens (including phenoxy) is 2. The van der Waals surface area contributed by atoms with E-state index in [1.807, 2.05) is 42.5 Å². The molecule has 2 N–H and O–H groups in total. The molecule has 1 aliphatic rings. The molecule has 1 unspecified atom stereocenters. The van der Waals surface area contributed by atoms with Gasteiger partial charge in [-0.25, -0.2) is 0 Å². The Balaban J connectivity index is 1.93. The van der Waals surface area contributed by atoms with Crippen molar-refractivity contribution in [3.05, 3.63) is 59.2 Å². The van der Waals surface area contributed by atoms with Crippen molar-refractivity contribution in [2.75, 3.05) is 14.2 Å². The maximum absolute atomic E-state index is 6.38. The van der Waals surface area contributed by atoms with Gasteiger partial charge in [0, 0.05) is 0 Å². The van der Waals surface area contributed by atoms with E-state index < -0.39 is 0 Å². The topological polar surface area (TPSA) is 56.8 Å². The van der Waals surface area contributed by atoms with Crippen molar-refractivity contribution in [2.24, 2.45) is 10.7 Å². The second-order valence-corrected chi connectivity index (χ2v) is 4.97. The van der Waals surface area contributed by atoms with Gasteiger partial charge in [-0.1, -0.05) is 6.07 Å². The number of methoxy groups -OCH3 is 2. The van der Waals surface area contributed by atoms with Crippen LogP contribution >= 0.6 is 0 Å². The Morgan fingerprint density at radius 3 is 2.33 bits per heavy atom. The predicted octanol–water partition coefficient (Wildman–Crippen LogP) is 2.71. The second kappa shape index (κ2) is 5.58. The van der Waals surface area contributed by atoms with Crippen LogP contribution < -0.4 is 15.2 Å². The molecule has 3 rings (SSSR count). The maximum atomic E-state index is 6.38. The van der Waals surface area contributed by atoms with Gasteiger partial charge in [0.05, 0.1) is 32.5 Å². The lowest BCUT2D eigenvalue weighted by Crippen LogP contribution is -2.27. The van der Waals surface area contributed by atoms with E-state index in [1.54, 1.807) is 14.2 Å². The molecular formula is C17H18N2O2. The molecule has 0 spiro atoms. The number of hydrogen-bond acceptors (Lipinski definition) is 4. The molecule has 2 aromatic carbocycles. The highest BCUT2D eigenvalue weighted by molar-refractivity contribution is 6.05. The average molecular weight is 282 g/mol. The van der Waals surface area contributed by atoms with Gasteiger partial charge >= 0.3 is 0 Å². The fourth-order valence-corrected chi connectivity index (χ4v) is 2.60. The Bertz CT molecular complexity index is 678. The van der Waals surface area contributed by atoms with Gasteiger partial charge in [-0.05, 0) is 53.1 Å². The predicted molar refractivity (Wildman–Crippen MR) is 83.2 cm³/mol. The van der Waals surface area contributed by atoms with Gasteiger partial charge in [-0.3, -0.25) is 4.99 Å². The lowest BCUT2D eigenvalue weighted by molar-refractivity contribution is 0.414. The third-order valence-corrected chi connectivity index (χ3v) is 3.79. The average Bonchev–Trinajstić information content (AvgIpc) is 2.55. The standard InChI is InChI=1S/C17H18N2O2/c1-20-13-5-3-11(4-6-13)17-16(18)15-8-7-14(21-2)9-12(15)10-19-17/h3-9,16H,10,18H2,1-2H3. The van der Waals surface area contributed by atoms with Crippen molar-refractivity contribution >= 4 is 5.71 Å². The van der Waals surface area contributed by atoms with Gasteiger partial charge in [0.25, 0.3) is 0 Å². The van der Waals surface area contributed by atoms with Gasteiger partial charge in [-0.15, -0.1) is 0 Å². The molecule has 0 aromatic heterocycles. The molecule has 0 saturated heterocycles. The fourth-order valence-electron chi connectivity index (χ4n) is 2.60. The lowest BCUT2D eigenvalue weighted by Gasteiger charge is -2.23. The number of nitrogens with two attached hydrogens (primary N) is 1. The monoisotopic (exact) mass is 282 g/mol. The molecular weight excluding hydrogens is 264 g/mol. The molecule has 4 nitrogen and oxygen atoms in total. The van der Waals surface area contributed by atoms with Crippen LogP contribution in [0.4, 0.5) is 0 Å². The van der Waals surface area contributed by atoms with Gasteiger partial charge in [0.15, 0.2) is 0 Å². The van der Waals surface area contributed by atoms with Crippen LogP contribution in [0.25, 0.3) is 0 Å². The second-order valence-electron chi connectivity index (χ2n) is 4.97. The van der Waals surface area contributed by atoms with Crippen LogP contribution in [0.1, 0.15) is 22.7 Å². The van der Waals surface area contributed by atoms with Crippen LogP contribution in [-0.4, -0.2) is 19.9 Å². The zero-order valence-electron chi connectivity index (χ0n) is 12.2. The largest absolute Gasteiger partial charge is 0.497 e. The molecule has 1 atom stereocenters. The molecule has 2 aromatic rings. The molecule has 0 aliphatic carbocycles. The van der Waals surface area contributed by atoms with E-state index >= 15 is 0 Å². The van der Waals surface area contributed by atoms with Crippen molar-refractivity contribution in [3.63, 3.8) is 0 Å². The molecule has 0 bridgehead atoms. The number of nitrogens with zero attached hydrogens (tertiary/aromatic N) is 1. The fraction of sp³-hybridized carbons (Fsp3) is 0.235. The van der Waals surface area contributed by atoms with Gasteiger partial charge in [0.2, 0.25) is 0 Å². The number of aliphatic imine (C=N–C) groups is 1. The highest BCUT2D eigenvalue weighted by Gasteiger charge is 2.22. The molecule has 4 heteroatoms. The zero-order valence-corrected chi connectivity index (χ0v) is 12.2. The summed E-state index contributed by atoms with van der Waals surface area (Å²) in [6.07, 6.45) is 0. The molecule has 1 aliphatic heterocycles. The first-order chi connectivity index (χ1) is 10.2. The van der Waals surface area contributed by atoms with E-state index in [0.717, 1.165) is 33.9 Å². The molecule has 1 heterocycles. The Morgan fingerprint density at radius 2 is 1.67 bits per heavy atom. The van der Waals surface area contributed by atoms with Gasteiger partial charge in [0.1, 0.15) is 11.5 Å². The highest BCUT2D eigenvalue weighted by Crippen LogP contribution is 2.29. The van der Waals surface area contributed by atoms with Crippen LogP contribution in [0.15, 0.2) is 47.5 Å². The van der Waals surface area contributed by atoms with Crippen molar-refractivity contribution in [2.45, 2.75) is 12.6 Å². The van der Waals surface area contributed by atoms with Crippen LogP contribution in [0.3, 0.4) is 0 Å². The Hall–Kier alpha value is -2.33. The number of rotatable bonds is 3. The van der Waals surface area contributed by atoms with Gasteiger partial charge in [-0.2, -0.15) is 0 Å². The minimum atomic E-state index is -0.215. The first kappa shape index (κ1) is 13.6. The summed E-state index contributed by atoms with van der Waals surface area (Å²) >= 11 is 0. The zero-order chi connectivity index (χ0) is 14.8. The highest BCUT2D eigenvalue weighted by atomic mass is 16.5. The van der Waals surface area contributed by atoms with E-state index in [-0.39, 0.29) is 6.04 Å². The minimum Gasteiger partial charge on any atom is -0.497 e. The van der Waals surface area contributed by atoms with E-state index in [9.17, 15) is 0 Å². The van der Waals surface area contributed by atoms with Crippen LogP contribution in [0.2, 0.25) is 0 Å². The summed E-state index contributed by atoms with van der Waals surface area (Å²) in [6, 6.07) is 13.6. The summed E-state index contributed by atoms with van der Waals surface area (Å²) in [5.41, 5.74) is 10.6. The first-order valence-corrected chi connectivity index (χ1v) is 6.84. The third kappa shape index (κ3) is 2.50. The van der Waals surface area contributed by atoms with Gasteiger partial charge < -0.3 is 15.2 Å². The van der Waals surface area contributed by atoms with E-state index in [2.05, 4.69) is 4.99 Å². The number of fused-ring (bicyclic) bond motifs is 1. The minimum absolute atomic E-state index is 0.215. The number of hydrogen-bond donors (Lipinski definition) is 1. The third-order valence-electron chi connectivity index (χ3n) is 3.79. The summed E-state index contributed by atoms with van der Waals surface area (Å²) < 4.78 is 10.4. The van der Waals surface area contributed by atoms with Crippen molar-refractivity contribution < 1.29 is 9.47 Å². The smallest absolute Gasteiger partial charge is 0.119 e. The molecule has 21 heavy (non-hydrogen) atoms. The maximum Gasteiger partial charge on any atom is 0.119 e. The van der Waals surface area contributed by atoms with Crippen molar-refractivity contribution in [1.82, 2.24) is 0 Å². The SMILES string of the molecule is COc1ccc(C2=NCc3cc(OC)ccc3C2N)cc1. The molecule has 108 valence electrons. The van der Waals surface area contributed by atoms with Crippen molar-refractivity contribution in [1.29, 1.82) is 0 Å². The van der Waals surface area contributed by atoms with Crippen LogP contribution in [-0.2, 0) is 6.54 Å². The lowest BCUT2D eigenvalue weighted by atomic mass is 9.91. The molecule has 0 saturated carbocycles. The molecule has 0 fully saturated rings.